The van der Waals surface area contributed by atoms with E-state index in [0.717, 1.165) is 18.4 Å². The quantitative estimate of drug-likeness (QED) is 0.771. The molecule has 0 saturated carbocycles. The van der Waals surface area contributed by atoms with E-state index >= 15 is 0 Å². The van der Waals surface area contributed by atoms with Crippen molar-refractivity contribution >= 4 is 18.0 Å². The summed E-state index contributed by atoms with van der Waals surface area (Å²) in [4.78, 5) is 10.9. The first-order valence-corrected chi connectivity index (χ1v) is 6.35. The van der Waals surface area contributed by atoms with Crippen molar-refractivity contribution in [2.75, 3.05) is 6.54 Å². The summed E-state index contributed by atoms with van der Waals surface area (Å²) in [6.45, 7) is 2.66. The van der Waals surface area contributed by atoms with Crippen LogP contribution in [0.3, 0.4) is 0 Å². The molecule has 16 heavy (non-hydrogen) atoms. The number of unbranched alkanes of at least 4 members (excludes halogenated alkanes) is 1. The molecular formula is C12H17NO2S. The maximum absolute atomic E-state index is 10.9. The van der Waals surface area contributed by atoms with Crippen LogP contribution in [0.15, 0.2) is 30.3 Å². The topological polar surface area (TPSA) is 40.5 Å². The molecule has 0 heterocycles. The minimum atomic E-state index is -0.852. The lowest BCUT2D eigenvalue weighted by atomic mass is 10.2. The molecule has 1 rings (SSSR count). The van der Waals surface area contributed by atoms with Gasteiger partial charge < -0.3 is 5.11 Å². The van der Waals surface area contributed by atoms with Crippen LogP contribution in [-0.4, -0.2) is 22.0 Å². The number of hydrogen-bond acceptors (Lipinski definition) is 2. The van der Waals surface area contributed by atoms with Gasteiger partial charge in [0, 0.05) is 12.3 Å². The van der Waals surface area contributed by atoms with Crippen LogP contribution in [0.25, 0.3) is 0 Å². The summed E-state index contributed by atoms with van der Waals surface area (Å²) in [5.74, 6) is 0.705. The van der Waals surface area contributed by atoms with Crippen LogP contribution >= 0.6 is 11.9 Å². The SMILES string of the molecule is CCCCN(SCc1ccccc1)C(=O)O. The Morgan fingerprint density at radius 2 is 2.06 bits per heavy atom. The highest BCUT2D eigenvalue weighted by atomic mass is 32.2. The summed E-state index contributed by atoms with van der Waals surface area (Å²) < 4.78 is 1.41. The Morgan fingerprint density at radius 1 is 1.38 bits per heavy atom. The van der Waals surface area contributed by atoms with Gasteiger partial charge in [-0.25, -0.2) is 4.79 Å². The largest absolute Gasteiger partial charge is 0.464 e. The van der Waals surface area contributed by atoms with Crippen molar-refractivity contribution < 1.29 is 9.90 Å². The number of amides is 1. The highest BCUT2D eigenvalue weighted by Crippen LogP contribution is 2.17. The van der Waals surface area contributed by atoms with E-state index in [1.165, 1.54) is 16.3 Å². The van der Waals surface area contributed by atoms with Gasteiger partial charge in [0.1, 0.15) is 0 Å². The Bertz CT molecular complexity index is 316. The second-order valence-corrected chi connectivity index (χ2v) is 4.48. The van der Waals surface area contributed by atoms with Crippen LogP contribution < -0.4 is 0 Å². The van der Waals surface area contributed by atoms with E-state index in [-0.39, 0.29) is 0 Å². The number of hydrogen-bond donors (Lipinski definition) is 1. The average Bonchev–Trinajstić information content (AvgIpc) is 2.30. The van der Waals surface area contributed by atoms with Gasteiger partial charge in [0.25, 0.3) is 0 Å². The van der Waals surface area contributed by atoms with Gasteiger partial charge in [-0.2, -0.15) is 0 Å². The van der Waals surface area contributed by atoms with Crippen molar-refractivity contribution in [1.82, 2.24) is 4.31 Å². The van der Waals surface area contributed by atoms with E-state index < -0.39 is 6.09 Å². The zero-order valence-corrected chi connectivity index (χ0v) is 10.2. The highest BCUT2D eigenvalue weighted by Gasteiger charge is 2.11. The summed E-state index contributed by atoms with van der Waals surface area (Å²) in [7, 11) is 0. The summed E-state index contributed by atoms with van der Waals surface area (Å²) in [5, 5.41) is 8.98. The maximum Gasteiger partial charge on any atom is 0.417 e. The Morgan fingerprint density at radius 3 is 2.62 bits per heavy atom. The van der Waals surface area contributed by atoms with Crippen LogP contribution in [0.2, 0.25) is 0 Å². The molecule has 0 saturated heterocycles. The molecule has 1 N–H and O–H groups in total. The van der Waals surface area contributed by atoms with Crippen LogP contribution in [0.4, 0.5) is 4.79 Å². The third-order valence-electron chi connectivity index (χ3n) is 2.16. The summed E-state index contributed by atoms with van der Waals surface area (Å²) in [6.07, 6.45) is 1.07. The fourth-order valence-electron chi connectivity index (χ4n) is 1.24. The molecule has 0 spiro atoms. The molecule has 1 aromatic rings. The lowest BCUT2D eigenvalue weighted by Gasteiger charge is -2.17. The van der Waals surface area contributed by atoms with Gasteiger partial charge in [-0.1, -0.05) is 43.7 Å². The second-order valence-electron chi connectivity index (χ2n) is 3.50. The van der Waals surface area contributed by atoms with Gasteiger partial charge >= 0.3 is 6.09 Å². The molecule has 0 aliphatic carbocycles. The van der Waals surface area contributed by atoms with Crippen molar-refractivity contribution in [2.24, 2.45) is 0 Å². The molecule has 3 nitrogen and oxygen atoms in total. The number of benzene rings is 1. The molecule has 0 radical (unpaired) electrons. The first-order chi connectivity index (χ1) is 7.74. The van der Waals surface area contributed by atoms with E-state index in [4.69, 9.17) is 5.11 Å². The highest BCUT2D eigenvalue weighted by molar-refractivity contribution is 7.96. The van der Waals surface area contributed by atoms with Crippen LogP contribution in [-0.2, 0) is 5.75 Å². The summed E-state index contributed by atoms with van der Waals surface area (Å²) in [6, 6.07) is 9.90. The monoisotopic (exact) mass is 239 g/mol. The van der Waals surface area contributed by atoms with Crippen molar-refractivity contribution in [3.63, 3.8) is 0 Å². The predicted octanol–water partition coefficient (Wildman–Crippen LogP) is 3.61. The third kappa shape index (κ3) is 4.57. The van der Waals surface area contributed by atoms with Gasteiger partial charge in [-0.15, -0.1) is 0 Å². The molecule has 0 unspecified atom stereocenters. The minimum Gasteiger partial charge on any atom is -0.464 e. The molecule has 0 fully saturated rings. The maximum atomic E-state index is 10.9. The first kappa shape index (κ1) is 12.9. The number of carbonyl (C=O) groups is 1. The molecule has 0 bridgehead atoms. The molecule has 1 amide bonds. The van der Waals surface area contributed by atoms with Crippen LogP contribution in [0.5, 0.6) is 0 Å². The van der Waals surface area contributed by atoms with Crippen molar-refractivity contribution in [3.8, 4) is 0 Å². The van der Waals surface area contributed by atoms with Gasteiger partial charge in [-0.05, 0) is 23.9 Å². The van der Waals surface area contributed by atoms with Crippen LogP contribution in [0, 0.1) is 0 Å². The van der Waals surface area contributed by atoms with E-state index in [0.29, 0.717) is 12.3 Å². The smallest absolute Gasteiger partial charge is 0.417 e. The lowest BCUT2D eigenvalue weighted by Crippen LogP contribution is -2.23. The normalized spacial score (nSPS) is 10.1. The molecular weight excluding hydrogens is 222 g/mol. The van der Waals surface area contributed by atoms with E-state index in [9.17, 15) is 4.79 Å². The van der Waals surface area contributed by atoms with Gasteiger partial charge in [0.15, 0.2) is 0 Å². The Kier molecular flexibility index (Phi) is 5.78. The van der Waals surface area contributed by atoms with Crippen LogP contribution in [0.1, 0.15) is 25.3 Å². The molecule has 88 valence electrons. The fraction of sp³-hybridized carbons (Fsp3) is 0.417. The molecule has 0 aromatic heterocycles. The Labute approximate surface area is 101 Å². The number of rotatable bonds is 6. The standard InChI is InChI=1S/C12H17NO2S/c1-2-3-9-13(12(14)15)16-10-11-7-5-4-6-8-11/h4-8H,2-3,9-10H2,1H3,(H,14,15). The van der Waals surface area contributed by atoms with Crippen molar-refractivity contribution in [1.29, 1.82) is 0 Å². The van der Waals surface area contributed by atoms with E-state index in [2.05, 4.69) is 6.92 Å². The number of nitrogens with zero attached hydrogens (tertiary/aromatic N) is 1. The minimum absolute atomic E-state index is 0.601. The zero-order valence-electron chi connectivity index (χ0n) is 9.43. The van der Waals surface area contributed by atoms with Gasteiger partial charge in [0.05, 0.1) is 0 Å². The summed E-state index contributed by atoms with van der Waals surface area (Å²) in [5.41, 5.74) is 1.15. The van der Waals surface area contributed by atoms with Crippen molar-refractivity contribution in [2.45, 2.75) is 25.5 Å². The summed E-state index contributed by atoms with van der Waals surface area (Å²) >= 11 is 1.36. The zero-order chi connectivity index (χ0) is 11.8. The van der Waals surface area contributed by atoms with Crippen molar-refractivity contribution in [3.05, 3.63) is 35.9 Å². The molecule has 1 aromatic carbocycles. The molecule has 0 atom stereocenters. The Hall–Kier alpha value is -1.16. The van der Waals surface area contributed by atoms with Gasteiger partial charge in [0.2, 0.25) is 0 Å². The molecule has 0 aliphatic rings. The number of carboxylic acid groups (broad SMARTS) is 1. The molecule has 4 heteroatoms. The van der Waals surface area contributed by atoms with E-state index in [1.807, 2.05) is 30.3 Å². The predicted molar refractivity (Wildman–Crippen MR) is 67.4 cm³/mol. The first-order valence-electron chi connectivity index (χ1n) is 5.41. The Balaban J connectivity index is 2.41. The van der Waals surface area contributed by atoms with Gasteiger partial charge in [-0.3, -0.25) is 4.31 Å². The average molecular weight is 239 g/mol. The third-order valence-corrected chi connectivity index (χ3v) is 3.27. The second kappa shape index (κ2) is 7.17. The lowest BCUT2D eigenvalue weighted by molar-refractivity contribution is 0.175. The molecule has 0 aliphatic heterocycles. The fourth-order valence-corrected chi connectivity index (χ4v) is 2.11. The van der Waals surface area contributed by atoms with E-state index in [1.54, 1.807) is 0 Å².